The van der Waals surface area contributed by atoms with E-state index in [1.54, 1.807) is 7.11 Å². The van der Waals surface area contributed by atoms with Gasteiger partial charge in [-0.05, 0) is 50.6 Å². The second-order valence-electron chi connectivity index (χ2n) is 7.07. The van der Waals surface area contributed by atoms with Gasteiger partial charge in [-0.3, -0.25) is 4.79 Å². The van der Waals surface area contributed by atoms with Crippen molar-refractivity contribution < 1.29 is 13.9 Å². The molecule has 1 N–H and O–H groups in total. The molecule has 0 unspecified atom stereocenters. The standard InChI is InChI=1S/C21H22ClN3O3S/c1-12-4-6-18(28-12)21-23-13(2)19(29-21)20(26)24-15-8-9-25(11-15)16-10-14(22)5-7-17(16)27-3/h4-7,10,15H,8-9,11H2,1-3H3,(H,24,26)/t15-/m0/s1. The molecule has 1 fully saturated rings. The van der Waals surface area contributed by atoms with Gasteiger partial charge in [0.05, 0.1) is 18.5 Å². The molecule has 1 atom stereocenters. The van der Waals surface area contributed by atoms with Crippen molar-refractivity contribution in [3.8, 4) is 16.5 Å². The fourth-order valence-corrected chi connectivity index (χ4v) is 4.62. The molecule has 3 aromatic rings. The maximum atomic E-state index is 12.9. The average Bonchev–Trinajstić information content (AvgIpc) is 3.41. The number of halogens is 1. The molecule has 8 heteroatoms. The van der Waals surface area contributed by atoms with Crippen molar-refractivity contribution in [2.24, 2.45) is 0 Å². The van der Waals surface area contributed by atoms with E-state index in [1.165, 1.54) is 11.3 Å². The molecule has 0 aliphatic carbocycles. The Morgan fingerprint density at radius 3 is 2.90 bits per heavy atom. The van der Waals surface area contributed by atoms with E-state index in [1.807, 2.05) is 44.2 Å². The summed E-state index contributed by atoms with van der Waals surface area (Å²) in [6.45, 7) is 5.26. The highest BCUT2D eigenvalue weighted by atomic mass is 35.5. The number of nitrogens with one attached hydrogen (secondary N) is 1. The summed E-state index contributed by atoms with van der Waals surface area (Å²) in [6, 6.07) is 9.38. The SMILES string of the molecule is COc1ccc(Cl)cc1N1CC[C@H](NC(=O)c2sc(-c3ccc(C)o3)nc2C)C1. The minimum absolute atomic E-state index is 0.0435. The van der Waals surface area contributed by atoms with Crippen molar-refractivity contribution in [1.29, 1.82) is 0 Å². The van der Waals surface area contributed by atoms with E-state index in [0.717, 1.165) is 35.2 Å². The van der Waals surface area contributed by atoms with Crippen molar-refractivity contribution in [2.75, 3.05) is 25.1 Å². The largest absolute Gasteiger partial charge is 0.495 e. The lowest BCUT2D eigenvalue weighted by atomic mass is 10.2. The van der Waals surface area contributed by atoms with Crippen LogP contribution < -0.4 is 15.0 Å². The van der Waals surface area contributed by atoms with Gasteiger partial charge in [0.25, 0.3) is 5.91 Å². The number of rotatable bonds is 5. The first-order valence-electron chi connectivity index (χ1n) is 9.38. The van der Waals surface area contributed by atoms with E-state index >= 15 is 0 Å². The third kappa shape index (κ3) is 4.11. The second-order valence-corrected chi connectivity index (χ2v) is 8.50. The first-order chi connectivity index (χ1) is 13.9. The van der Waals surface area contributed by atoms with E-state index in [4.69, 9.17) is 20.8 Å². The van der Waals surface area contributed by atoms with Gasteiger partial charge in [-0.2, -0.15) is 0 Å². The number of hydrogen-bond acceptors (Lipinski definition) is 6. The van der Waals surface area contributed by atoms with Crippen LogP contribution in [-0.4, -0.2) is 37.1 Å². The molecule has 1 amide bonds. The number of methoxy groups -OCH3 is 1. The highest BCUT2D eigenvalue weighted by molar-refractivity contribution is 7.17. The number of nitrogens with zero attached hydrogens (tertiary/aromatic N) is 2. The Hall–Kier alpha value is -2.51. The van der Waals surface area contributed by atoms with Crippen LogP contribution in [-0.2, 0) is 0 Å². The number of benzene rings is 1. The van der Waals surface area contributed by atoms with Gasteiger partial charge in [0, 0.05) is 24.2 Å². The zero-order chi connectivity index (χ0) is 20.5. The van der Waals surface area contributed by atoms with Crippen LogP contribution in [0.5, 0.6) is 5.75 Å². The fourth-order valence-electron chi connectivity index (χ4n) is 3.52. The molecular weight excluding hydrogens is 410 g/mol. The lowest BCUT2D eigenvalue weighted by molar-refractivity contribution is 0.0943. The van der Waals surface area contributed by atoms with Crippen molar-refractivity contribution >= 4 is 34.5 Å². The third-order valence-corrected chi connectivity index (χ3v) is 6.36. The van der Waals surface area contributed by atoms with Crippen LogP contribution >= 0.6 is 22.9 Å². The maximum absolute atomic E-state index is 12.9. The number of carbonyl (C=O) groups excluding carboxylic acids is 1. The first kappa shape index (κ1) is 19.8. The zero-order valence-electron chi connectivity index (χ0n) is 16.5. The van der Waals surface area contributed by atoms with E-state index in [9.17, 15) is 4.79 Å². The summed E-state index contributed by atoms with van der Waals surface area (Å²) in [5.74, 6) is 2.19. The molecule has 152 valence electrons. The Bertz CT molecular complexity index is 1050. The molecule has 29 heavy (non-hydrogen) atoms. The Balaban J connectivity index is 1.45. The molecule has 1 saturated heterocycles. The lowest BCUT2D eigenvalue weighted by Gasteiger charge is -2.21. The normalized spacial score (nSPS) is 16.3. The van der Waals surface area contributed by atoms with Gasteiger partial charge in [-0.1, -0.05) is 11.6 Å². The Morgan fingerprint density at radius 1 is 1.34 bits per heavy atom. The summed E-state index contributed by atoms with van der Waals surface area (Å²) >= 11 is 7.51. The number of thiazole rings is 1. The Kier molecular flexibility index (Phi) is 5.52. The maximum Gasteiger partial charge on any atom is 0.263 e. The molecule has 2 aromatic heterocycles. The minimum Gasteiger partial charge on any atom is -0.495 e. The molecule has 1 aliphatic heterocycles. The van der Waals surface area contributed by atoms with E-state index < -0.39 is 0 Å². The number of carbonyl (C=O) groups is 1. The van der Waals surface area contributed by atoms with E-state index in [0.29, 0.717) is 27.9 Å². The quantitative estimate of drug-likeness (QED) is 0.634. The van der Waals surface area contributed by atoms with Crippen molar-refractivity contribution in [3.63, 3.8) is 0 Å². The van der Waals surface area contributed by atoms with Gasteiger partial charge >= 0.3 is 0 Å². The number of furan rings is 1. The lowest BCUT2D eigenvalue weighted by Crippen LogP contribution is -2.37. The van der Waals surface area contributed by atoms with Crippen LogP contribution in [0.1, 0.15) is 27.5 Å². The van der Waals surface area contributed by atoms with E-state index in [-0.39, 0.29) is 11.9 Å². The molecule has 4 rings (SSSR count). The molecule has 1 aliphatic rings. The molecule has 0 spiro atoms. The van der Waals surface area contributed by atoms with Crippen LogP contribution in [0.4, 0.5) is 5.69 Å². The molecular formula is C21H22ClN3O3S. The van der Waals surface area contributed by atoms with Crippen LogP contribution in [0.2, 0.25) is 5.02 Å². The monoisotopic (exact) mass is 431 g/mol. The Morgan fingerprint density at radius 2 is 2.17 bits per heavy atom. The predicted octanol–water partition coefficient (Wildman–Crippen LogP) is 4.69. The number of amides is 1. The number of ether oxygens (including phenoxy) is 1. The minimum atomic E-state index is -0.0977. The summed E-state index contributed by atoms with van der Waals surface area (Å²) in [6.07, 6.45) is 0.851. The third-order valence-electron chi connectivity index (χ3n) is 4.96. The molecule has 3 heterocycles. The fraction of sp³-hybridized carbons (Fsp3) is 0.333. The number of aryl methyl sites for hydroxylation is 2. The molecule has 6 nitrogen and oxygen atoms in total. The molecule has 1 aromatic carbocycles. The van der Waals surface area contributed by atoms with Gasteiger partial charge < -0.3 is 19.4 Å². The molecule has 0 bridgehead atoms. The van der Waals surface area contributed by atoms with Crippen molar-refractivity contribution in [2.45, 2.75) is 26.3 Å². The smallest absolute Gasteiger partial charge is 0.263 e. The molecule has 0 saturated carbocycles. The number of anilines is 1. The summed E-state index contributed by atoms with van der Waals surface area (Å²) in [5.41, 5.74) is 1.66. The zero-order valence-corrected chi connectivity index (χ0v) is 18.1. The van der Waals surface area contributed by atoms with Crippen molar-refractivity contribution in [1.82, 2.24) is 10.3 Å². The second kappa shape index (κ2) is 8.08. The van der Waals surface area contributed by atoms with Crippen LogP contribution in [0.15, 0.2) is 34.7 Å². The topological polar surface area (TPSA) is 67.6 Å². The summed E-state index contributed by atoms with van der Waals surface area (Å²) < 4.78 is 11.1. The van der Waals surface area contributed by atoms with Crippen molar-refractivity contribution in [3.05, 3.63) is 51.7 Å². The van der Waals surface area contributed by atoms with Gasteiger partial charge in [0.2, 0.25) is 0 Å². The van der Waals surface area contributed by atoms with Crippen LogP contribution in [0.25, 0.3) is 10.8 Å². The summed E-state index contributed by atoms with van der Waals surface area (Å²) in [7, 11) is 1.65. The Labute approximate surface area is 178 Å². The number of aromatic nitrogens is 1. The number of hydrogen-bond donors (Lipinski definition) is 1. The van der Waals surface area contributed by atoms with Gasteiger partial charge in [-0.25, -0.2) is 4.98 Å². The predicted molar refractivity (Wildman–Crippen MR) is 115 cm³/mol. The van der Waals surface area contributed by atoms with Crippen LogP contribution in [0.3, 0.4) is 0 Å². The summed E-state index contributed by atoms with van der Waals surface area (Å²) in [5, 5.41) is 4.52. The summed E-state index contributed by atoms with van der Waals surface area (Å²) in [4.78, 5) is 20.2. The first-order valence-corrected chi connectivity index (χ1v) is 10.6. The van der Waals surface area contributed by atoms with Crippen LogP contribution in [0, 0.1) is 13.8 Å². The van der Waals surface area contributed by atoms with Gasteiger partial charge in [0.1, 0.15) is 16.4 Å². The van der Waals surface area contributed by atoms with Gasteiger partial charge in [-0.15, -0.1) is 11.3 Å². The highest BCUT2D eigenvalue weighted by Crippen LogP contribution is 2.34. The van der Waals surface area contributed by atoms with E-state index in [2.05, 4.69) is 15.2 Å². The van der Waals surface area contributed by atoms with Gasteiger partial charge in [0.15, 0.2) is 10.8 Å². The molecule has 0 radical (unpaired) electrons. The average molecular weight is 432 g/mol. The highest BCUT2D eigenvalue weighted by Gasteiger charge is 2.28.